The van der Waals surface area contributed by atoms with Gasteiger partial charge in [-0.15, -0.1) is 0 Å². The van der Waals surface area contributed by atoms with E-state index in [4.69, 9.17) is 0 Å². The van der Waals surface area contributed by atoms with Crippen LogP contribution in [0.2, 0.25) is 0 Å². The molecule has 1 fully saturated rings. The van der Waals surface area contributed by atoms with Crippen molar-refractivity contribution in [3.05, 3.63) is 0 Å². The van der Waals surface area contributed by atoms with E-state index >= 15 is 0 Å². The van der Waals surface area contributed by atoms with Gasteiger partial charge in [0.1, 0.15) is 11.6 Å². The first kappa shape index (κ1) is 23.3. The van der Waals surface area contributed by atoms with Crippen molar-refractivity contribution in [2.24, 2.45) is 16.7 Å². The van der Waals surface area contributed by atoms with Crippen LogP contribution in [0.4, 0.5) is 0 Å². The Morgan fingerprint density at radius 2 is 1.46 bits per heavy atom. The third-order valence-electron chi connectivity index (χ3n) is 5.88. The number of ketones is 2. The largest absolute Gasteiger partial charge is 0.300 e. The predicted octanol–water partition coefficient (Wildman–Crippen LogP) is 4.75. The van der Waals surface area contributed by atoms with Crippen LogP contribution in [0.3, 0.4) is 0 Å². The third-order valence-corrected chi connectivity index (χ3v) is 8.74. The van der Waals surface area contributed by atoms with Gasteiger partial charge in [-0.3, -0.25) is 9.59 Å². The van der Waals surface area contributed by atoms with Gasteiger partial charge in [0.15, 0.2) is 9.84 Å². The summed E-state index contributed by atoms with van der Waals surface area (Å²) in [6, 6.07) is 0. The van der Waals surface area contributed by atoms with E-state index in [-0.39, 0.29) is 41.5 Å². The molecule has 0 heterocycles. The normalized spacial score (nSPS) is 19.8. The molecule has 5 heteroatoms. The topological polar surface area (TPSA) is 68.3 Å². The fraction of sp³-hybridized carbons (Fsp3) is 0.905. The number of hydrogen-bond acceptors (Lipinski definition) is 4. The van der Waals surface area contributed by atoms with Crippen LogP contribution >= 0.6 is 0 Å². The van der Waals surface area contributed by atoms with E-state index in [2.05, 4.69) is 0 Å². The summed E-state index contributed by atoms with van der Waals surface area (Å²) >= 11 is 0. The van der Waals surface area contributed by atoms with Crippen LogP contribution in [0.25, 0.3) is 0 Å². The Balaban J connectivity index is 3.01. The SMILES string of the molecule is CC(=O)[C@@H](CC(=O)CC1(CS(=O)(=O)C(C)(C)C)CCCCC1)C(C)(C)C. The Labute approximate surface area is 160 Å². The molecule has 0 saturated heterocycles. The number of Topliss-reactive ketones (excluding diaryl/α,β-unsaturated/α-hetero) is 2. The van der Waals surface area contributed by atoms with Gasteiger partial charge >= 0.3 is 0 Å². The van der Waals surface area contributed by atoms with Gasteiger partial charge in [-0.2, -0.15) is 0 Å². The van der Waals surface area contributed by atoms with Crippen LogP contribution in [0.15, 0.2) is 0 Å². The lowest BCUT2D eigenvalue weighted by Gasteiger charge is -2.39. The molecule has 26 heavy (non-hydrogen) atoms. The van der Waals surface area contributed by atoms with Crippen molar-refractivity contribution < 1.29 is 18.0 Å². The van der Waals surface area contributed by atoms with Gasteiger partial charge in [0.2, 0.25) is 0 Å². The monoisotopic (exact) mass is 386 g/mol. The summed E-state index contributed by atoms with van der Waals surface area (Å²) in [4.78, 5) is 24.9. The van der Waals surface area contributed by atoms with E-state index in [1.807, 2.05) is 20.8 Å². The lowest BCUT2D eigenvalue weighted by molar-refractivity contribution is -0.131. The van der Waals surface area contributed by atoms with Gasteiger partial charge in [-0.05, 0) is 51.4 Å². The zero-order valence-corrected chi connectivity index (χ0v) is 18.6. The van der Waals surface area contributed by atoms with Gasteiger partial charge < -0.3 is 0 Å². The lowest BCUT2D eigenvalue weighted by atomic mass is 9.69. The van der Waals surface area contributed by atoms with Crippen molar-refractivity contribution in [2.45, 2.75) is 98.2 Å². The highest BCUT2D eigenvalue weighted by Crippen LogP contribution is 2.43. The number of hydrogen-bond donors (Lipinski definition) is 0. The molecule has 0 N–H and O–H groups in total. The van der Waals surface area contributed by atoms with E-state index < -0.39 is 20.0 Å². The molecule has 0 amide bonds. The smallest absolute Gasteiger partial charge is 0.155 e. The summed E-state index contributed by atoms with van der Waals surface area (Å²) in [5.74, 6) is -0.165. The van der Waals surface area contributed by atoms with Crippen molar-refractivity contribution in [2.75, 3.05) is 5.75 Å². The van der Waals surface area contributed by atoms with Crippen molar-refractivity contribution in [3.63, 3.8) is 0 Å². The zero-order valence-electron chi connectivity index (χ0n) is 17.8. The molecule has 0 unspecified atom stereocenters. The minimum absolute atomic E-state index is 0.0332. The maximum atomic E-state index is 12.9. The Kier molecular flexibility index (Phi) is 7.28. The summed E-state index contributed by atoms with van der Waals surface area (Å²) in [5.41, 5.74) is -0.723. The van der Waals surface area contributed by atoms with Crippen LogP contribution in [0, 0.1) is 16.7 Å². The second kappa shape index (κ2) is 8.12. The van der Waals surface area contributed by atoms with Gasteiger partial charge in [0.25, 0.3) is 0 Å². The number of carbonyl (C=O) groups is 2. The molecule has 0 aromatic heterocycles. The molecule has 4 nitrogen and oxygen atoms in total. The van der Waals surface area contributed by atoms with E-state index in [1.54, 1.807) is 27.7 Å². The van der Waals surface area contributed by atoms with Crippen LogP contribution in [-0.4, -0.2) is 30.5 Å². The zero-order chi connectivity index (χ0) is 20.4. The number of rotatable bonds is 7. The summed E-state index contributed by atoms with van der Waals surface area (Å²) in [6.45, 7) is 12.7. The summed E-state index contributed by atoms with van der Waals surface area (Å²) in [7, 11) is -3.29. The van der Waals surface area contributed by atoms with E-state index in [0.29, 0.717) is 0 Å². The van der Waals surface area contributed by atoms with Crippen molar-refractivity contribution in [3.8, 4) is 0 Å². The van der Waals surface area contributed by atoms with Gasteiger partial charge in [0.05, 0.1) is 10.5 Å². The molecule has 152 valence electrons. The number of sulfone groups is 1. The molecule has 0 spiro atoms. The van der Waals surface area contributed by atoms with Crippen molar-refractivity contribution in [1.29, 1.82) is 0 Å². The molecule has 1 aliphatic carbocycles. The first-order chi connectivity index (χ1) is 11.6. The molecule has 1 saturated carbocycles. The second-order valence-electron chi connectivity index (χ2n) is 10.4. The lowest BCUT2D eigenvalue weighted by Crippen LogP contribution is -2.41. The average Bonchev–Trinajstić information content (AvgIpc) is 2.42. The van der Waals surface area contributed by atoms with Crippen molar-refractivity contribution >= 4 is 21.4 Å². The summed E-state index contributed by atoms with van der Waals surface area (Å²) in [6.07, 6.45) is 5.12. The Morgan fingerprint density at radius 3 is 1.85 bits per heavy atom. The van der Waals surface area contributed by atoms with Crippen LogP contribution in [-0.2, 0) is 19.4 Å². The standard InChI is InChI=1S/C21H38O4S/c1-16(22)18(19(2,3)4)13-17(23)14-21(11-9-8-10-12-21)15-26(24,25)20(5,6)7/h18H,8-15H2,1-7H3/t18-/m1/s1. The van der Waals surface area contributed by atoms with E-state index in [9.17, 15) is 18.0 Å². The Hall–Kier alpha value is -0.710. The number of carbonyl (C=O) groups excluding carboxylic acids is 2. The molecular weight excluding hydrogens is 348 g/mol. The van der Waals surface area contributed by atoms with Crippen LogP contribution in [0.1, 0.15) is 93.4 Å². The highest BCUT2D eigenvalue weighted by Gasteiger charge is 2.43. The molecule has 1 rings (SSSR count). The maximum absolute atomic E-state index is 12.9. The second-order valence-corrected chi connectivity index (χ2v) is 13.1. The molecular formula is C21H38O4S. The molecule has 1 aliphatic rings. The fourth-order valence-electron chi connectivity index (χ4n) is 4.07. The van der Waals surface area contributed by atoms with E-state index in [1.165, 1.54) is 0 Å². The van der Waals surface area contributed by atoms with Crippen molar-refractivity contribution in [1.82, 2.24) is 0 Å². The molecule has 0 aromatic carbocycles. The summed E-state index contributed by atoms with van der Waals surface area (Å²) in [5, 5.41) is 0. The molecule has 0 aromatic rings. The minimum Gasteiger partial charge on any atom is -0.300 e. The third kappa shape index (κ3) is 6.17. The highest BCUT2D eigenvalue weighted by atomic mass is 32.2. The Bertz CT molecular complexity index is 611. The van der Waals surface area contributed by atoms with E-state index in [0.717, 1.165) is 32.1 Å². The first-order valence-electron chi connectivity index (χ1n) is 9.84. The maximum Gasteiger partial charge on any atom is 0.155 e. The molecule has 1 atom stereocenters. The van der Waals surface area contributed by atoms with Gasteiger partial charge in [-0.1, -0.05) is 40.0 Å². The van der Waals surface area contributed by atoms with Crippen LogP contribution in [0.5, 0.6) is 0 Å². The predicted molar refractivity (Wildman–Crippen MR) is 107 cm³/mol. The Morgan fingerprint density at radius 1 is 0.962 bits per heavy atom. The highest BCUT2D eigenvalue weighted by molar-refractivity contribution is 7.92. The first-order valence-corrected chi connectivity index (χ1v) is 11.5. The van der Waals surface area contributed by atoms with Gasteiger partial charge in [0, 0.05) is 18.8 Å². The van der Waals surface area contributed by atoms with Gasteiger partial charge in [-0.25, -0.2) is 8.42 Å². The summed E-state index contributed by atoms with van der Waals surface area (Å²) < 4.78 is 24.9. The van der Waals surface area contributed by atoms with Crippen LogP contribution < -0.4 is 0 Å². The average molecular weight is 387 g/mol. The minimum atomic E-state index is -3.29. The quantitative estimate of drug-likeness (QED) is 0.633. The fourth-order valence-corrected chi connectivity index (χ4v) is 5.70. The molecule has 0 bridgehead atoms. The molecule has 0 aliphatic heterocycles. The molecule has 0 radical (unpaired) electrons.